The van der Waals surface area contributed by atoms with Gasteiger partial charge in [0.05, 0.1) is 0 Å². The van der Waals surface area contributed by atoms with E-state index in [0.717, 1.165) is 0 Å². The molecule has 0 amide bonds. The van der Waals surface area contributed by atoms with Crippen LogP contribution in [-0.2, 0) is 0 Å². The molecule has 2 heteroatoms. The molecule has 2 nitrogen and oxygen atoms in total. The molecule has 0 saturated carbocycles. The van der Waals surface area contributed by atoms with Crippen molar-refractivity contribution in [1.82, 2.24) is 10.2 Å². The summed E-state index contributed by atoms with van der Waals surface area (Å²) >= 11 is 0. The third-order valence-electron chi connectivity index (χ3n) is 4.82. The van der Waals surface area contributed by atoms with Crippen LogP contribution in [0.2, 0.25) is 0 Å². The molecule has 0 spiro atoms. The molecule has 102 valence electrons. The van der Waals surface area contributed by atoms with Gasteiger partial charge in [0.25, 0.3) is 0 Å². The summed E-state index contributed by atoms with van der Waals surface area (Å²) in [5.41, 5.74) is 0.683. The van der Waals surface area contributed by atoms with Crippen molar-refractivity contribution in [3.8, 4) is 0 Å². The lowest BCUT2D eigenvalue weighted by molar-refractivity contribution is 0.0943. The minimum Gasteiger partial charge on any atom is -0.320 e. The van der Waals surface area contributed by atoms with Crippen LogP contribution in [0.5, 0.6) is 0 Å². The molecule has 0 unspecified atom stereocenters. The molecule has 0 aromatic rings. The first-order valence-corrected chi connectivity index (χ1v) is 7.63. The van der Waals surface area contributed by atoms with Crippen molar-refractivity contribution < 1.29 is 0 Å². The Labute approximate surface area is 108 Å². The number of nitrogens with zero attached hydrogens (tertiary/aromatic N) is 1. The molecule has 1 N–H and O–H groups in total. The summed E-state index contributed by atoms with van der Waals surface area (Å²) in [5.74, 6) is 0. The van der Waals surface area contributed by atoms with Crippen LogP contribution in [0.1, 0.15) is 58.8 Å². The quantitative estimate of drug-likeness (QED) is 0.655. The average molecular weight is 240 g/mol. The van der Waals surface area contributed by atoms with E-state index in [-0.39, 0.29) is 0 Å². The van der Waals surface area contributed by atoms with Gasteiger partial charge < -0.3 is 10.2 Å². The van der Waals surface area contributed by atoms with Crippen LogP contribution >= 0.6 is 0 Å². The summed E-state index contributed by atoms with van der Waals surface area (Å²) in [6.07, 6.45) is 9.70. The molecule has 0 aliphatic carbocycles. The fraction of sp³-hybridized carbons (Fsp3) is 1.00. The van der Waals surface area contributed by atoms with Crippen LogP contribution < -0.4 is 5.32 Å². The molecule has 0 atom stereocenters. The molecular weight excluding hydrogens is 208 g/mol. The van der Waals surface area contributed by atoms with E-state index in [4.69, 9.17) is 0 Å². The predicted molar refractivity (Wildman–Crippen MR) is 76.5 cm³/mol. The van der Waals surface area contributed by atoms with E-state index in [0.29, 0.717) is 5.41 Å². The Morgan fingerprint density at radius 3 is 2.18 bits per heavy atom. The normalized spacial score (nSPS) is 20.6. The smallest absolute Gasteiger partial charge is 0.00134 e. The van der Waals surface area contributed by atoms with Gasteiger partial charge in [0, 0.05) is 0 Å². The summed E-state index contributed by atoms with van der Waals surface area (Å²) in [7, 11) is 2.04. The molecule has 0 radical (unpaired) electrons. The molecule has 0 aromatic heterocycles. The molecule has 0 bridgehead atoms. The van der Waals surface area contributed by atoms with E-state index >= 15 is 0 Å². The van der Waals surface area contributed by atoms with Crippen molar-refractivity contribution in [2.24, 2.45) is 5.41 Å². The average Bonchev–Trinajstić information content (AvgIpc) is 2.39. The van der Waals surface area contributed by atoms with Gasteiger partial charge in [0.1, 0.15) is 0 Å². The Morgan fingerprint density at radius 2 is 1.65 bits per heavy atom. The van der Waals surface area contributed by atoms with Gasteiger partial charge in [-0.3, -0.25) is 0 Å². The minimum atomic E-state index is 0.683. The van der Waals surface area contributed by atoms with Crippen LogP contribution in [-0.4, -0.2) is 38.1 Å². The zero-order valence-corrected chi connectivity index (χ0v) is 12.2. The van der Waals surface area contributed by atoms with Crippen molar-refractivity contribution in [3.05, 3.63) is 0 Å². The Bertz CT molecular complexity index is 177. The lowest BCUT2D eigenvalue weighted by Gasteiger charge is -2.41. The largest absolute Gasteiger partial charge is 0.320 e. The van der Waals surface area contributed by atoms with Gasteiger partial charge in [-0.15, -0.1) is 0 Å². The molecular formula is C15H32N2. The van der Waals surface area contributed by atoms with Crippen LogP contribution in [0.25, 0.3) is 0 Å². The summed E-state index contributed by atoms with van der Waals surface area (Å²) in [5, 5.41) is 3.22. The topological polar surface area (TPSA) is 15.3 Å². The summed E-state index contributed by atoms with van der Waals surface area (Å²) in [6.45, 7) is 9.93. The predicted octanol–water partition coefficient (Wildman–Crippen LogP) is 3.28. The second-order valence-electron chi connectivity index (χ2n) is 5.71. The fourth-order valence-electron chi connectivity index (χ4n) is 3.02. The maximum Gasteiger partial charge on any atom is -0.00134 e. The zero-order valence-electron chi connectivity index (χ0n) is 12.2. The lowest BCUT2D eigenvalue weighted by Crippen LogP contribution is -2.40. The standard InChI is InChI=1S/C15H32N2/c1-4-15(5-2)9-13-17(14-10-15)12-8-6-7-11-16-3/h16H,4-14H2,1-3H3. The number of rotatable bonds is 8. The number of likely N-dealkylation sites (tertiary alicyclic amines) is 1. The molecule has 1 aliphatic rings. The highest BCUT2D eigenvalue weighted by atomic mass is 15.1. The highest BCUT2D eigenvalue weighted by Crippen LogP contribution is 2.37. The van der Waals surface area contributed by atoms with Gasteiger partial charge >= 0.3 is 0 Å². The van der Waals surface area contributed by atoms with E-state index < -0.39 is 0 Å². The second-order valence-corrected chi connectivity index (χ2v) is 5.71. The van der Waals surface area contributed by atoms with Gasteiger partial charge in [-0.05, 0) is 64.3 Å². The first-order chi connectivity index (χ1) is 8.26. The molecule has 1 heterocycles. The number of piperidine rings is 1. The first kappa shape index (κ1) is 15.0. The Morgan fingerprint density at radius 1 is 1.00 bits per heavy atom. The van der Waals surface area contributed by atoms with Gasteiger partial charge in [-0.2, -0.15) is 0 Å². The van der Waals surface area contributed by atoms with Crippen molar-refractivity contribution >= 4 is 0 Å². The fourth-order valence-corrected chi connectivity index (χ4v) is 3.02. The van der Waals surface area contributed by atoms with Gasteiger partial charge in [-0.25, -0.2) is 0 Å². The Balaban J connectivity index is 2.10. The van der Waals surface area contributed by atoms with Crippen LogP contribution in [0.4, 0.5) is 0 Å². The van der Waals surface area contributed by atoms with Gasteiger partial charge in [0.15, 0.2) is 0 Å². The first-order valence-electron chi connectivity index (χ1n) is 7.63. The Kier molecular flexibility index (Phi) is 7.14. The highest BCUT2D eigenvalue weighted by molar-refractivity contribution is 4.83. The zero-order chi connectivity index (χ0) is 12.6. The molecule has 0 aromatic carbocycles. The Hall–Kier alpha value is -0.0800. The summed E-state index contributed by atoms with van der Waals surface area (Å²) in [4.78, 5) is 2.68. The number of hydrogen-bond acceptors (Lipinski definition) is 2. The SMILES string of the molecule is CCC1(CC)CCN(CCCCCNC)CC1. The third kappa shape index (κ3) is 4.97. The van der Waals surface area contributed by atoms with Crippen molar-refractivity contribution in [3.63, 3.8) is 0 Å². The lowest BCUT2D eigenvalue weighted by atomic mass is 9.74. The van der Waals surface area contributed by atoms with E-state index in [1.807, 2.05) is 7.05 Å². The number of unbranched alkanes of at least 4 members (excludes halogenated alkanes) is 2. The maximum atomic E-state index is 3.22. The van der Waals surface area contributed by atoms with Crippen LogP contribution in [0, 0.1) is 5.41 Å². The number of hydrogen-bond donors (Lipinski definition) is 1. The van der Waals surface area contributed by atoms with Crippen molar-refractivity contribution in [2.45, 2.75) is 58.8 Å². The molecule has 1 fully saturated rings. The van der Waals surface area contributed by atoms with Gasteiger partial charge in [-0.1, -0.05) is 33.1 Å². The highest BCUT2D eigenvalue weighted by Gasteiger charge is 2.30. The monoisotopic (exact) mass is 240 g/mol. The van der Waals surface area contributed by atoms with Crippen LogP contribution in [0.3, 0.4) is 0 Å². The third-order valence-corrected chi connectivity index (χ3v) is 4.82. The van der Waals surface area contributed by atoms with Crippen LogP contribution in [0.15, 0.2) is 0 Å². The maximum absolute atomic E-state index is 3.22. The molecule has 17 heavy (non-hydrogen) atoms. The van der Waals surface area contributed by atoms with Crippen molar-refractivity contribution in [1.29, 1.82) is 0 Å². The molecule has 1 rings (SSSR count). The van der Waals surface area contributed by atoms with E-state index in [1.54, 1.807) is 0 Å². The summed E-state index contributed by atoms with van der Waals surface area (Å²) < 4.78 is 0. The molecule has 1 aliphatic heterocycles. The van der Waals surface area contributed by atoms with E-state index in [2.05, 4.69) is 24.1 Å². The minimum absolute atomic E-state index is 0.683. The van der Waals surface area contributed by atoms with E-state index in [1.165, 1.54) is 71.1 Å². The van der Waals surface area contributed by atoms with Crippen molar-refractivity contribution in [2.75, 3.05) is 33.2 Å². The number of nitrogens with one attached hydrogen (secondary N) is 1. The second kappa shape index (κ2) is 8.10. The van der Waals surface area contributed by atoms with Gasteiger partial charge in [0.2, 0.25) is 0 Å². The summed E-state index contributed by atoms with van der Waals surface area (Å²) in [6, 6.07) is 0. The van der Waals surface area contributed by atoms with E-state index in [9.17, 15) is 0 Å². The molecule has 1 saturated heterocycles.